The van der Waals surface area contributed by atoms with Gasteiger partial charge in [-0.3, -0.25) is 14.6 Å². The van der Waals surface area contributed by atoms with Crippen molar-refractivity contribution in [1.29, 1.82) is 0 Å². The van der Waals surface area contributed by atoms with Crippen LogP contribution in [-0.2, 0) is 11.2 Å². The van der Waals surface area contributed by atoms with Gasteiger partial charge in [0, 0.05) is 37.0 Å². The molecule has 1 heterocycles. The van der Waals surface area contributed by atoms with E-state index in [1.165, 1.54) is 12.3 Å². The van der Waals surface area contributed by atoms with Crippen molar-refractivity contribution in [3.8, 4) is 0 Å². The third kappa shape index (κ3) is 6.17. The van der Waals surface area contributed by atoms with Crippen LogP contribution in [0.5, 0.6) is 0 Å². The highest BCUT2D eigenvalue weighted by molar-refractivity contribution is 6.30. The van der Waals surface area contributed by atoms with Gasteiger partial charge >= 0.3 is 0 Å². The van der Waals surface area contributed by atoms with Gasteiger partial charge in [0.15, 0.2) is 0 Å². The molecular weight excluding hydrogens is 342 g/mol. The number of hydrogen-bond donors (Lipinski definition) is 2. The minimum absolute atomic E-state index is 0.196. The molecule has 0 unspecified atom stereocenters. The normalized spacial score (nSPS) is 10.3. The second-order valence-corrected chi connectivity index (χ2v) is 5.75. The molecule has 1 aromatic heterocycles. The molecule has 0 fully saturated rings. The van der Waals surface area contributed by atoms with Crippen LogP contribution >= 0.6 is 11.6 Å². The number of hydrogen-bond acceptors (Lipinski definition) is 4. The van der Waals surface area contributed by atoms with E-state index in [2.05, 4.69) is 15.6 Å². The van der Waals surface area contributed by atoms with Gasteiger partial charge in [0.05, 0.1) is 6.61 Å². The van der Waals surface area contributed by atoms with E-state index >= 15 is 0 Å². The van der Waals surface area contributed by atoms with Crippen molar-refractivity contribution < 1.29 is 14.3 Å². The van der Waals surface area contributed by atoms with E-state index in [0.29, 0.717) is 36.7 Å². The average molecular weight is 362 g/mol. The van der Waals surface area contributed by atoms with Crippen LogP contribution in [0.25, 0.3) is 0 Å². The lowest BCUT2D eigenvalue weighted by Crippen LogP contribution is -2.29. The minimum Gasteiger partial charge on any atom is -0.383 e. The fourth-order valence-corrected chi connectivity index (χ4v) is 2.25. The number of carbonyl (C=O) groups excluding carboxylic acids is 2. The lowest BCUT2D eigenvalue weighted by atomic mass is 10.1. The second-order valence-electron chi connectivity index (χ2n) is 5.31. The molecule has 132 valence electrons. The number of aromatic nitrogens is 1. The molecular formula is C18H20ClN3O3. The summed E-state index contributed by atoms with van der Waals surface area (Å²) in [6.07, 6.45) is 2.14. The SMILES string of the molecule is COCCNC(=O)c1cc(C(=O)NCCc2ccc(Cl)cc2)ccn1. The second kappa shape index (κ2) is 9.76. The Morgan fingerprint density at radius 1 is 1.08 bits per heavy atom. The van der Waals surface area contributed by atoms with E-state index in [4.69, 9.17) is 16.3 Å². The quantitative estimate of drug-likeness (QED) is 0.705. The molecule has 0 bridgehead atoms. The van der Waals surface area contributed by atoms with Gasteiger partial charge in [-0.25, -0.2) is 0 Å². The highest BCUT2D eigenvalue weighted by atomic mass is 35.5. The topological polar surface area (TPSA) is 80.3 Å². The van der Waals surface area contributed by atoms with Gasteiger partial charge in [0.2, 0.25) is 0 Å². The van der Waals surface area contributed by atoms with Gasteiger partial charge in [-0.05, 0) is 36.2 Å². The molecule has 0 atom stereocenters. The number of benzene rings is 1. The summed E-state index contributed by atoms with van der Waals surface area (Å²) in [6.45, 7) is 1.28. The van der Waals surface area contributed by atoms with Crippen LogP contribution in [-0.4, -0.2) is 43.6 Å². The molecule has 0 spiro atoms. The third-order valence-electron chi connectivity index (χ3n) is 3.46. The van der Waals surface area contributed by atoms with Crippen molar-refractivity contribution >= 4 is 23.4 Å². The predicted molar refractivity (Wildman–Crippen MR) is 95.9 cm³/mol. The first-order valence-electron chi connectivity index (χ1n) is 7.86. The number of rotatable bonds is 8. The summed E-state index contributed by atoms with van der Waals surface area (Å²) in [7, 11) is 1.55. The monoisotopic (exact) mass is 361 g/mol. The molecule has 1 aromatic carbocycles. The Balaban J connectivity index is 1.87. The Hall–Kier alpha value is -2.44. The summed E-state index contributed by atoms with van der Waals surface area (Å²) in [5, 5.41) is 6.18. The fraction of sp³-hybridized carbons (Fsp3) is 0.278. The number of ether oxygens (including phenoxy) is 1. The molecule has 2 aromatic rings. The Morgan fingerprint density at radius 3 is 2.52 bits per heavy atom. The van der Waals surface area contributed by atoms with Gasteiger partial charge in [0.25, 0.3) is 11.8 Å². The standard InChI is InChI=1S/C18H20ClN3O3/c1-25-11-10-22-18(24)16-12-14(7-9-20-16)17(23)21-8-6-13-2-4-15(19)5-3-13/h2-5,7,9,12H,6,8,10-11H2,1H3,(H,21,23)(H,22,24). The van der Waals surface area contributed by atoms with Gasteiger partial charge in [-0.15, -0.1) is 0 Å². The van der Waals surface area contributed by atoms with Gasteiger partial charge < -0.3 is 15.4 Å². The number of pyridine rings is 1. The number of methoxy groups -OCH3 is 1. The Kier molecular flexibility index (Phi) is 7.37. The van der Waals surface area contributed by atoms with E-state index in [9.17, 15) is 9.59 Å². The lowest BCUT2D eigenvalue weighted by molar-refractivity contribution is 0.0932. The Labute approximate surface area is 151 Å². The van der Waals surface area contributed by atoms with Crippen LogP contribution in [0.2, 0.25) is 5.02 Å². The zero-order valence-corrected chi connectivity index (χ0v) is 14.7. The molecule has 7 heteroatoms. The smallest absolute Gasteiger partial charge is 0.269 e. The minimum atomic E-state index is -0.340. The zero-order valence-electron chi connectivity index (χ0n) is 13.9. The molecule has 0 saturated carbocycles. The molecule has 0 radical (unpaired) electrons. The highest BCUT2D eigenvalue weighted by Crippen LogP contribution is 2.09. The van der Waals surface area contributed by atoms with Gasteiger partial charge in [-0.1, -0.05) is 23.7 Å². The average Bonchev–Trinajstić information content (AvgIpc) is 2.63. The van der Waals surface area contributed by atoms with Crippen LogP contribution < -0.4 is 10.6 Å². The van der Waals surface area contributed by atoms with Crippen LogP contribution in [0, 0.1) is 0 Å². The number of halogens is 1. The van der Waals surface area contributed by atoms with Crippen LogP contribution in [0.1, 0.15) is 26.4 Å². The molecule has 0 saturated heterocycles. The number of nitrogens with zero attached hydrogens (tertiary/aromatic N) is 1. The van der Waals surface area contributed by atoms with E-state index in [-0.39, 0.29) is 17.5 Å². The lowest BCUT2D eigenvalue weighted by Gasteiger charge is -2.07. The first kappa shape index (κ1) is 18.9. The molecule has 0 aliphatic carbocycles. The molecule has 2 amide bonds. The maximum Gasteiger partial charge on any atom is 0.269 e. The van der Waals surface area contributed by atoms with Crippen molar-refractivity contribution in [1.82, 2.24) is 15.6 Å². The van der Waals surface area contributed by atoms with E-state index < -0.39 is 0 Å². The maximum atomic E-state index is 12.2. The first-order valence-corrected chi connectivity index (χ1v) is 8.24. The van der Waals surface area contributed by atoms with Crippen molar-refractivity contribution in [3.05, 3.63) is 64.4 Å². The predicted octanol–water partition coefficient (Wildman–Crippen LogP) is 2.08. The van der Waals surface area contributed by atoms with Crippen molar-refractivity contribution in [2.75, 3.05) is 26.8 Å². The summed E-state index contributed by atoms with van der Waals surface area (Å²) >= 11 is 5.84. The molecule has 6 nitrogen and oxygen atoms in total. The van der Waals surface area contributed by atoms with Crippen LogP contribution in [0.3, 0.4) is 0 Å². The number of nitrogens with one attached hydrogen (secondary N) is 2. The molecule has 0 aliphatic heterocycles. The summed E-state index contributed by atoms with van der Waals surface area (Å²) in [5.74, 6) is -0.588. The highest BCUT2D eigenvalue weighted by Gasteiger charge is 2.11. The molecule has 2 rings (SSSR count). The third-order valence-corrected chi connectivity index (χ3v) is 3.71. The van der Waals surface area contributed by atoms with Crippen LogP contribution in [0.4, 0.5) is 0 Å². The molecule has 0 aliphatic rings. The zero-order chi connectivity index (χ0) is 18.1. The Bertz CT molecular complexity index is 720. The number of amides is 2. The number of carbonyl (C=O) groups is 2. The fourth-order valence-electron chi connectivity index (χ4n) is 2.13. The van der Waals surface area contributed by atoms with Crippen molar-refractivity contribution in [3.63, 3.8) is 0 Å². The maximum absolute atomic E-state index is 12.2. The summed E-state index contributed by atoms with van der Waals surface area (Å²) in [5.41, 5.74) is 1.67. The van der Waals surface area contributed by atoms with Gasteiger partial charge in [-0.2, -0.15) is 0 Å². The summed E-state index contributed by atoms with van der Waals surface area (Å²) in [6, 6.07) is 10.5. The first-order chi connectivity index (χ1) is 12.1. The van der Waals surface area contributed by atoms with Crippen LogP contribution in [0.15, 0.2) is 42.6 Å². The van der Waals surface area contributed by atoms with Crippen molar-refractivity contribution in [2.24, 2.45) is 0 Å². The Morgan fingerprint density at radius 2 is 1.80 bits per heavy atom. The largest absolute Gasteiger partial charge is 0.383 e. The van der Waals surface area contributed by atoms with E-state index in [0.717, 1.165) is 5.56 Å². The summed E-state index contributed by atoms with van der Waals surface area (Å²) in [4.78, 5) is 28.2. The van der Waals surface area contributed by atoms with E-state index in [1.807, 2.05) is 24.3 Å². The summed E-state index contributed by atoms with van der Waals surface area (Å²) < 4.78 is 4.87. The van der Waals surface area contributed by atoms with Gasteiger partial charge in [0.1, 0.15) is 5.69 Å². The molecule has 2 N–H and O–H groups in total. The molecule has 25 heavy (non-hydrogen) atoms. The van der Waals surface area contributed by atoms with E-state index in [1.54, 1.807) is 13.2 Å². The van der Waals surface area contributed by atoms with Crippen molar-refractivity contribution in [2.45, 2.75) is 6.42 Å².